The Hall–Kier alpha value is -3.22. The Morgan fingerprint density at radius 1 is 1.15 bits per heavy atom. The van der Waals surface area contributed by atoms with Crippen molar-refractivity contribution in [2.75, 3.05) is 5.32 Å². The van der Waals surface area contributed by atoms with Crippen LogP contribution in [0.3, 0.4) is 0 Å². The third kappa shape index (κ3) is 4.66. The van der Waals surface area contributed by atoms with Crippen LogP contribution in [0.4, 0.5) is 10.5 Å². The average molecular weight is 351 g/mol. The maximum atomic E-state index is 12.1. The summed E-state index contributed by atoms with van der Waals surface area (Å²) in [6.07, 6.45) is 3.79. The highest BCUT2D eigenvalue weighted by molar-refractivity contribution is 5.90. The van der Waals surface area contributed by atoms with E-state index in [1.165, 1.54) is 0 Å². The van der Waals surface area contributed by atoms with Crippen LogP contribution in [-0.2, 0) is 6.42 Å². The number of benzene rings is 1. The number of aromatic nitrogens is 3. The first-order chi connectivity index (χ1) is 12.4. The van der Waals surface area contributed by atoms with Crippen LogP contribution in [-0.4, -0.2) is 26.7 Å². The lowest BCUT2D eigenvalue weighted by atomic mass is 10.1. The molecule has 0 spiro atoms. The second kappa shape index (κ2) is 7.35. The van der Waals surface area contributed by atoms with Crippen molar-refractivity contribution in [2.45, 2.75) is 32.7 Å². The molecule has 0 atom stereocenters. The summed E-state index contributed by atoms with van der Waals surface area (Å²) in [6.45, 7) is 5.78. The number of amides is 2. The number of anilines is 1. The van der Waals surface area contributed by atoms with Crippen molar-refractivity contribution in [3.05, 3.63) is 60.2 Å². The summed E-state index contributed by atoms with van der Waals surface area (Å²) in [7, 11) is 0. The lowest BCUT2D eigenvalue weighted by molar-refractivity contribution is 0.244. The Bertz CT molecular complexity index is 884. The van der Waals surface area contributed by atoms with E-state index in [9.17, 15) is 4.79 Å². The minimum atomic E-state index is -0.315. The molecule has 3 aromatic rings. The fraction of sp³-hybridized carbons (Fsp3) is 0.263. The van der Waals surface area contributed by atoms with E-state index in [2.05, 4.69) is 25.8 Å². The van der Waals surface area contributed by atoms with Crippen LogP contribution >= 0.6 is 0 Å². The van der Waals surface area contributed by atoms with Gasteiger partial charge in [-0.1, -0.05) is 23.4 Å². The second-order valence-corrected chi connectivity index (χ2v) is 6.92. The van der Waals surface area contributed by atoms with E-state index >= 15 is 0 Å². The van der Waals surface area contributed by atoms with E-state index < -0.39 is 0 Å². The molecular weight excluding hydrogens is 330 g/mol. The molecule has 134 valence electrons. The van der Waals surface area contributed by atoms with Gasteiger partial charge in [-0.15, -0.1) is 0 Å². The van der Waals surface area contributed by atoms with Gasteiger partial charge in [0.2, 0.25) is 11.7 Å². The van der Waals surface area contributed by atoms with Crippen LogP contribution < -0.4 is 10.6 Å². The number of hydrogen-bond donors (Lipinski definition) is 2. The molecule has 2 N–H and O–H groups in total. The molecule has 0 saturated carbocycles. The highest BCUT2D eigenvalue weighted by Gasteiger charge is 2.16. The fourth-order valence-corrected chi connectivity index (χ4v) is 2.39. The number of rotatable bonds is 4. The van der Waals surface area contributed by atoms with Gasteiger partial charge in [-0.05, 0) is 44.5 Å². The molecule has 1 aromatic carbocycles. The fourth-order valence-electron chi connectivity index (χ4n) is 2.39. The lowest BCUT2D eigenvalue weighted by Gasteiger charge is -2.21. The molecule has 26 heavy (non-hydrogen) atoms. The first kappa shape index (κ1) is 17.6. The standard InChI is InChI=1S/C19H21N5O2/c1-19(2,3)23-18(25)21-15-9-5-4-7-13(15)11-16-22-17(24-26-16)14-8-6-10-20-12-14/h4-10,12H,11H2,1-3H3,(H2,21,23,25). The second-order valence-electron chi connectivity index (χ2n) is 6.92. The molecule has 0 aliphatic carbocycles. The highest BCUT2D eigenvalue weighted by Crippen LogP contribution is 2.20. The van der Waals surface area contributed by atoms with E-state index in [1.54, 1.807) is 12.4 Å². The summed E-state index contributed by atoms with van der Waals surface area (Å²) in [5, 5.41) is 9.75. The van der Waals surface area contributed by atoms with Crippen LogP contribution in [0.1, 0.15) is 32.2 Å². The van der Waals surface area contributed by atoms with Gasteiger partial charge in [0.1, 0.15) is 0 Å². The van der Waals surface area contributed by atoms with E-state index in [0.717, 1.165) is 11.1 Å². The Balaban J connectivity index is 1.75. The minimum Gasteiger partial charge on any atom is -0.339 e. The molecule has 7 heteroatoms. The SMILES string of the molecule is CC(C)(C)NC(=O)Nc1ccccc1Cc1nc(-c2cccnc2)no1. The van der Waals surface area contributed by atoms with Crippen molar-refractivity contribution < 1.29 is 9.32 Å². The van der Waals surface area contributed by atoms with Gasteiger partial charge in [-0.25, -0.2) is 4.79 Å². The maximum Gasteiger partial charge on any atom is 0.319 e. The number of pyridine rings is 1. The van der Waals surface area contributed by atoms with E-state index in [1.807, 2.05) is 57.2 Å². The van der Waals surface area contributed by atoms with Crippen LogP contribution in [0.2, 0.25) is 0 Å². The molecule has 0 aliphatic heterocycles. The Morgan fingerprint density at radius 2 is 1.96 bits per heavy atom. The number of urea groups is 1. The van der Waals surface area contributed by atoms with E-state index in [0.29, 0.717) is 23.8 Å². The quantitative estimate of drug-likeness (QED) is 0.748. The lowest BCUT2D eigenvalue weighted by Crippen LogP contribution is -2.43. The largest absolute Gasteiger partial charge is 0.339 e. The first-order valence-corrected chi connectivity index (χ1v) is 8.31. The number of para-hydroxylation sites is 1. The zero-order chi connectivity index (χ0) is 18.6. The number of nitrogens with zero attached hydrogens (tertiary/aromatic N) is 3. The zero-order valence-corrected chi connectivity index (χ0v) is 15.0. The Kier molecular flexibility index (Phi) is 4.97. The summed E-state index contributed by atoms with van der Waals surface area (Å²) in [4.78, 5) is 20.6. The molecule has 0 radical (unpaired) electrons. The first-order valence-electron chi connectivity index (χ1n) is 8.31. The van der Waals surface area contributed by atoms with Crippen molar-refractivity contribution in [3.63, 3.8) is 0 Å². The smallest absolute Gasteiger partial charge is 0.319 e. The third-order valence-corrected chi connectivity index (χ3v) is 3.48. The van der Waals surface area contributed by atoms with Gasteiger partial charge in [0.05, 0.1) is 6.42 Å². The number of carbonyl (C=O) groups is 1. The van der Waals surface area contributed by atoms with Crippen molar-refractivity contribution in [1.82, 2.24) is 20.4 Å². The van der Waals surface area contributed by atoms with Crippen molar-refractivity contribution in [2.24, 2.45) is 0 Å². The molecule has 2 heterocycles. The minimum absolute atomic E-state index is 0.258. The topological polar surface area (TPSA) is 92.9 Å². The van der Waals surface area contributed by atoms with Crippen LogP contribution in [0.25, 0.3) is 11.4 Å². The number of carbonyl (C=O) groups excluding carboxylic acids is 1. The number of nitrogens with one attached hydrogen (secondary N) is 2. The third-order valence-electron chi connectivity index (χ3n) is 3.48. The van der Waals surface area contributed by atoms with Crippen LogP contribution in [0.5, 0.6) is 0 Å². The summed E-state index contributed by atoms with van der Waals surface area (Å²) < 4.78 is 5.35. The molecular formula is C19H21N5O2. The molecule has 2 amide bonds. The zero-order valence-electron chi connectivity index (χ0n) is 15.0. The Morgan fingerprint density at radius 3 is 2.69 bits per heavy atom. The van der Waals surface area contributed by atoms with Gasteiger partial charge in [-0.3, -0.25) is 4.98 Å². The van der Waals surface area contributed by atoms with Gasteiger partial charge in [0.25, 0.3) is 0 Å². The normalized spacial score (nSPS) is 11.2. The van der Waals surface area contributed by atoms with Crippen molar-refractivity contribution in [3.8, 4) is 11.4 Å². The summed E-state index contributed by atoms with van der Waals surface area (Å²) in [5.41, 5.74) is 2.07. The highest BCUT2D eigenvalue weighted by atomic mass is 16.5. The van der Waals surface area contributed by atoms with Gasteiger partial charge < -0.3 is 15.2 Å². The summed E-state index contributed by atoms with van der Waals surface area (Å²) in [6, 6.07) is 11.0. The van der Waals surface area contributed by atoms with Gasteiger partial charge in [0.15, 0.2) is 0 Å². The van der Waals surface area contributed by atoms with Crippen molar-refractivity contribution >= 4 is 11.7 Å². The van der Waals surface area contributed by atoms with Gasteiger partial charge in [0, 0.05) is 29.2 Å². The Labute approximate surface area is 151 Å². The maximum absolute atomic E-state index is 12.1. The summed E-state index contributed by atoms with van der Waals surface area (Å²) >= 11 is 0. The number of hydrogen-bond acceptors (Lipinski definition) is 5. The average Bonchev–Trinajstić information content (AvgIpc) is 3.04. The van der Waals surface area contributed by atoms with Crippen LogP contribution in [0, 0.1) is 0 Å². The van der Waals surface area contributed by atoms with Gasteiger partial charge in [-0.2, -0.15) is 4.98 Å². The monoisotopic (exact) mass is 351 g/mol. The van der Waals surface area contributed by atoms with Crippen molar-refractivity contribution in [1.29, 1.82) is 0 Å². The van der Waals surface area contributed by atoms with Gasteiger partial charge >= 0.3 is 6.03 Å². The summed E-state index contributed by atoms with van der Waals surface area (Å²) in [5.74, 6) is 0.957. The molecule has 0 fully saturated rings. The molecule has 0 aliphatic rings. The predicted molar refractivity (Wildman–Crippen MR) is 98.7 cm³/mol. The molecule has 7 nitrogen and oxygen atoms in total. The molecule has 0 bridgehead atoms. The van der Waals surface area contributed by atoms with E-state index in [4.69, 9.17) is 4.52 Å². The predicted octanol–water partition coefficient (Wildman–Crippen LogP) is 3.64. The molecule has 0 saturated heterocycles. The van der Waals surface area contributed by atoms with E-state index in [-0.39, 0.29) is 11.6 Å². The molecule has 0 unspecified atom stereocenters. The molecule has 2 aromatic heterocycles. The van der Waals surface area contributed by atoms with Crippen LogP contribution in [0.15, 0.2) is 53.3 Å². The molecule has 3 rings (SSSR count).